The van der Waals surface area contributed by atoms with Crippen molar-refractivity contribution in [3.05, 3.63) is 30.1 Å². The molecule has 7 nitrogen and oxygen atoms in total. The number of aromatic nitrogens is 2. The molecule has 1 aromatic carbocycles. The molecule has 2 aromatic rings. The van der Waals surface area contributed by atoms with Crippen molar-refractivity contribution >= 4 is 17.3 Å². The number of nitrogens with zero attached hydrogens (tertiary/aromatic N) is 3. The number of benzene rings is 1. The van der Waals surface area contributed by atoms with Gasteiger partial charge in [0.15, 0.2) is 5.75 Å². The summed E-state index contributed by atoms with van der Waals surface area (Å²) in [6, 6.07) is 3.81. The third-order valence-corrected chi connectivity index (χ3v) is 5.33. The lowest BCUT2D eigenvalue weighted by atomic mass is 9.92. The van der Waals surface area contributed by atoms with Crippen LogP contribution in [0.15, 0.2) is 24.5 Å². The largest absolute Gasteiger partial charge is 0.460 e. The molecule has 0 bridgehead atoms. The SMILES string of the molecule is Cc1c(Oc2cnn(C)c2)ccc(N)c1N1CCC[C@@H](CCC(=O)OC(C)(C)C)C1. The minimum atomic E-state index is -0.435. The predicted octanol–water partition coefficient (Wildman–Crippen LogP) is 4.44. The Morgan fingerprint density at radius 2 is 2.10 bits per heavy atom. The molecule has 2 N–H and O–H groups in total. The molecule has 0 radical (unpaired) electrons. The number of hydrogen-bond acceptors (Lipinski definition) is 6. The van der Waals surface area contributed by atoms with Crippen molar-refractivity contribution in [1.29, 1.82) is 0 Å². The molecule has 0 unspecified atom stereocenters. The van der Waals surface area contributed by atoms with Gasteiger partial charge in [-0.05, 0) is 65.0 Å². The summed E-state index contributed by atoms with van der Waals surface area (Å²) in [5, 5.41) is 4.16. The molecule has 1 aliphatic heterocycles. The molecule has 30 heavy (non-hydrogen) atoms. The fourth-order valence-electron chi connectivity index (χ4n) is 4.03. The van der Waals surface area contributed by atoms with E-state index in [0.29, 0.717) is 18.1 Å². The predicted molar refractivity (Wildman–Crippen MR) is 119 cm³/mol. The Hall–Kier alpha value is -2.70. The molecular formula is C23H34N4O3. The maximum Gasteiger partial charge on any atom is 0.306 e. The zero-order chi connectivity index (χ0) is 21.9. The van der Waals surface area contributed by atoms with Crippen molar-refractivity contribution in [3.8, 4) is 11.5 Å². The number of rotatable bonds is 6. The summed E-state index contributed by atoms with van der Waals surface area (Å²) in [5.41, 5.74) is 8.73. The first-order valence-electron chi connectivity index (χ1n) is 10.6. The second-order valence-electron chi connectivity index (χ2n) is 9.16. The molecule has 2 heterocycles. The Bertz CT molecular complexity index is 885. The summed E-state index contributed by atoms with van der Waals surface area (Å²) >= 11 is 0. The van der Waals surface area contributed by atoms with E-state index in [1.807, 2.05) is 53.1 Å². The van der Waals surface area contributed by atoms with Crippen LogP contribution in [0.25, 0.3) is 0 Å². The van der Waals surface area contributed by atoms with Crippen LogP contribution in [0.4, 0.5) is 11.4 Å². The monoisotopic (exact) mass is 414 g/mol. The normalized spacial score (nSPS) is 17.1. The smallest absolute Gasteiger partial charge is 0.306 e. The zero-order valence-corrected chi connectivity index (χ0v) is 18.8. The fourth-order valence-corrected chi connectivity index (χ4v) is 4.03. The van der Waals surface area contributed by atoms with Crippen molar-refractivity contribution in [2.45, 2.75) is 59.0 Å². The van der Waals surface area contributed by atoms with Crippen LogP contribution in [-0.2, 0) is 16.6 Å². The Morgan fingerprint density at radius 1 is 1.33 bits per heavy atom. The molecule has 1 saturated heterocycles. The van der Waals surface area contributed by atoms with E-state index in [0.717, 1.165) is 55.0 Å². The van der Waals surface area contributed by atoms with Gasteiger partial charge in [0.1, 0.15) is 11.4 Å². The summed E-state index contributed by atoms with van der Waals surface area (Å²) in [6.45, 7) is 9.58. The maximum absolute atomic E-state index is 12.1. The number of anilines is 2. The second kappa shape index (κ2) is 8.98. The summed E-state index contributed by atoms with van der Waals surface area (Å²) in [6.07, 6.45) is 7.01. The van der Waals surface area contributed by atoms with Gasteiger partial charge in [0.25, 0.3) is 0 Å². The Balaban J connectivity index is 1.68. The van der Waals surface area contributed by atoms with Crippen LogP contribution in [0, 0.1) is 12.8 Å². The van der Waals surface area contributed by atoms with Crippen LogP contribution < -0.4 is 15.4 Å². The number of carbonyl (C=O) groups is 1. The van der Waals surface area contributed by atoms with Crippen molar-refractivity contribution in [2.75, 3.05) is 23.7 Å². The van der Waals surface area contributed by atoms with Gasteiger partial charge in [-0.2, -0.15) is 5.10 Å². The Kier molecular flexibility index (Phi) is 6.58. The number of carbonyl (C=O) groups excluding carboxylic acids is 1. The van der Waals surface area contributed by atoms with Gasteiger partial charge in [-0.25, -0.2) is 0 Å². The zero-order valence-electron chi connectivity index (χ0n) is 18.8. The first kappa shape index (κ1) is 22.0. The molecule has 1 aliphatic rings. The van der Waals surface area contributed by atoms with Crippen LogP contribution in [0.1, 0.15) is 52.0 Å². The lowest BCUT2D eigenvalue weighted by Gasteiger charge is -2.36. The highest BCUT2D eigenvalue weighted by molar-refractivity contribution is 5.75. The van der Waals surface area contributed by atoms with E-state index in [2.05, 4.69) is 10.00 Å². The van der Waals surface area contributed by atoms with Gasteiger partial charge in [-0.3, -0.25) is 9.48 Å². The standard InChI is InChI=1S/C23H34N4O3/c1-16-20(29-18-13-25-26(5)15-18)10-9-19(24)22(16)27-12-6-7-17(14-27)8-11-21(28)30-23(2,3)4/h9-10,13,15,17H,6-8,11-12,14,24H2,1-5H3/t17-/m0/s1. The number of aryl methyl sites for hydroxylation is 1. The summed E-state index contributed by atoms with van der Waals surface area (Å²) < 4.78 is 13.2. The van der Waals surface area contributed by atoms with E-state index in [1.54, 1.807) is 10.9 Å². The number of nitrogen functional groups attached to an aromatic ring is 1. The molecule has 0 amide bonds. The molecule has 1 aromatic heterocycles. The molecule has 0 saturated carbocycles. The Labute approximate surface area is 179 Å². The third kappa shape index (κ3) is 5.68. The van der Waals surface area contributed by atoms with Gasteiger partial charge in [0.05, 0.1) is 23.8 Å². The van der Waals surface area contributed by atoms with Crippen LogP contribution in [0.5, 0.6) is 11.5 Å². The van der Waals surface area contributed by atoms with Gasteiger partial charge in [0.2, 0.25) is 0 Å². The number of piperidine rings is 1. The average Bonchev–Trinajstić information content (AvgIpc) is 3.06. The number of hydrogen-bond donors (Lipinski definition) is 1. The van der Waals surface area contributed by atoms with Crippen LogP contribution in [0.2, 0.25) is 0 Å². The van der Waals surface area contributed by atoms with Crippen LogP contribution >= 0.6 is 0 Å². The van der Waals surface area contributed by atoms with Crippen molar-refractivity contribution in [3.63, 3.8) is 0 Å². The van der Waals surface area contributed by atoms with E-state index in [1.165, 1.54) is 0 Å². The lowest BCUT2D eigenvalue weighted by Crippen LogP contribution is -2.36. The van der Waals surface area contributed by atoms with E-state index in [-0.39, 0.29) is 5.97 Å². The average molecular weight is 415 g/mol. The first-order valence-corrected chi connectivity index (χ1v) is 10.6. The second-order valence-corrected chi connectivity index (χ2v) is 9.16. The quantitative estimate of drug-likeness (QED) is 0.556. The van der Waals surface area contributed by atoms with Gasteiger partial charge >= 0.3 is 5.97 Å². The molecule has 0 aliphatic carbocycles. The summed E-state index contributed by atoms with van der Waals surface area (Å²) in [5.74, 6) is 1.79. The number of nitrogens with two attached hydrogens (primary N) is 1. The number of esters is 1. The van der Waals surface area contributed by atoms with Gasteiger partial charge in [0, 0.05) is 32.1 Å². The lowest BCUT2D eigenvalue weighted by molar-refractivity contribution is -0.155. The van der Waals surface area contributed by atoms with Crippen molar-refractivity contribution in [2.24, 2.45) is 13.0 Å². The highest BCUT2D eigenvalue weighted by atomic mass is 16.6. The molecule has 1 atom stereocenters. The topological polar surface area (TPSA) is 82.6 Å². The van der Waals surface area contributed by atoms with E-state index in [4.69, 9.17) is 15.2 Å². The van der Waals surface area contributed by atoms with Gasteiger partial charge in [-0.1, -0.05) is 0 Å². The minimum absolute atomic E-state index is 0.123. The molecule has 3 rings (SSSR count). The minimum Gasteiger partial charge on any atom is -0.460 e. The molecule has 0 spiro atoms. The van der Waals surface area contributed by atoms with E-state index >= 15 is 0 Å². The molecule has 164 valence electrons. The summed E-state index contributed by atoms with van der Waals surface area (Å²) in [4.78, 5) is 14.4. The van der Waals surface area contributed by atoms with Crippen LogP contribution in [0.3, 0.4) is 0 Å². The molecule has 1 fully saturated rings. The van der Waals surface area contributed by atoms with Crippen LogP contribution in [-0.4, -0.2) is 34.4 Å². The van der Waals surface area contributed by atoms with E-state index in [9.17, 15) is 4.79 Å². The highest BCUT2D eigenvalue weighted by Gasteiger charge is 2.25. The van der Waals surface area contributed by atoms with Crippen molar-refractivity contribution < 1.29 is 14.3 Å². The van der Waals surface area contributed by atoms with Gasteiger partial charge < -0.3 is 20.1 Å². The Morgan fingerprint density at radius 3 is 2.77 bits per heavy atom. The summed E-state index contributed by atoms with van der Waals surface area (Å²) in [7, 11) is 1.86. The fraction of sp³-hybridized carbons (Fsp3) is 0.565. The molecule has 7 heteroatoms. The van der Waals surface area contributed by atoms with Crippen molar-refractivity contribution in [1.82, 2.24) is 9.78 Å². The first-order chi connectivity index (χ1) is 14.1. The molecular weight excluding hydrogens is 380 g/mol. The van der Waals surface area contributed by atoms with Gasteiger partial charge in [-0.15, -0.1) is 0 Å². The van der Waals surface area contributed by atoms with E-state index < -0.39 is 5.60 Å². The maximum atomic E-state index is 12.1. The third-order valence-electron chi connectivity index (χ3n) is 5.33. The number of ether oxygens (including phenoxy) is 2. The highest BCUT2D eigenvalue weighted by Crippen LogP contribution is 2.38.